The largest absolute Gasteiger partial charge is 0.507 e. The lowest BCUT2D eigenvalue weighted by atomic mass is 9.98. The van der Waals surface area contributed by atoms with Crippen LogP contribution < -0.4 is 5.73 Å². The molecule has 4 nitrogen and oxygen atoms in total. The molecule has 0 aromatic heterocycles. The minimum Gasteiger partial charge on any atom is -0.507 e. The van der Waals surface area contributed by atoms with E-state index in [9.17, 15) is 9.90 Å². The van der Waals surface area contributed by atoms with Crippen molar-refractivity contribution < 1.29 is 15.0 Å². The number of halogens is 1. The van der Waals surface area contributed by atoms with E-state index in [1.54, 1.807) is 12.1 Å². The van der Waals surface area contributed by atoms with Crippen molar-refractivity contribution in [2.24, 2.45) is 5.73 Å². The Morgan fingerprint density at radius 1 is 1.56 bits per heavy atom. The fourth-order valence-corrected chi connectivity index (χ4v) is 1.88. The number of rotatable bonds is 4. The van der Waals surface area contributed by atoms with Crippen molar-refractivity contribution in [2.75, 3.05) is 0 Å². The number of hydrogen-bond donors (Lipinski definition) is 3. The number of aromatic hydroxyl groups is 1. The first kappa shape index (κ1) is 13.0. The summed E-state index contributed by atoms with van der Waals surface area (Å²) in [5.41, 5.74) is 7.60. The third-order valence-corrected chi connectivity index (χ3v) is 3.48. The average molecular weight is 288 g/mol. The van der Waals surface area contributed by atoms with Crippen LogP contribution in [0.2, 0.25) is 0 Å². The molecule has 0 spiro atoms. The Labute approximate surface area is 102 Å². The molecule has 1 rings (SSSR count). The van der Waals surface area contributed by atoms with Gasteiger partial charge in [-0.15, -0.1) is 0 Å². The molecule has 1 aromatic carbocycles. The van der Waals surface area contributed by atoms with Crippen LogP contribution in [0.4, 0.5) is 0 Å². The summed E-state index contributed by atoms with van der Waals surface area (Å²) in [6.45, 7) is 1.83. The monoisotopic (exact) mass is 287 g/mol. The zero-order chi connectivity index (χ0) is 12.3. The van der Waals surface area contributed by atoms with Gasteiger partial charge < -0.3 is 15.9 Å². The summed E-state index contributed by atoms with van der Waals surface area (Å²) in [5, 5.41) is 18.0. The van der Waals surface area contributed by atoms with E-state index in [0.29, 0.717) is 10.9 Å². The SMILES string of the molecule is Cc1c(C(N)CCC(=O)O)ccc(O)c1Br. The van der Waals surface area contributed by atoms with E-state index >= 15 is 0 Å². The number of aliphatic carboxylic acids is 1. The third kappa shape index (κ3) is 2.96. The van der Waals surface area contributed by atoms with E-state index < -0.39 is 5.97 Å². The van der Waals surface area contributed by atoms with Crippen LogP contribution in [0, 0.1) is 6.92 Å². The molecule has 0 radical (unpaired) electrons. The fraction of sp³-hybridized carbons (Fsp3) is 0.364. The van der Waals surface area contributed by atoms with Crippen molar-refractivity contribution in [2.45, 2.75) is 25.8 Å². The first-order valence-electron chi connectivity index (χ1n) is 4.88. The summed E-state index contributed by atoms with van der Waals surface area (Å²) >= 11 is 3.26. The summed E-state index contributed by atoms with van der Waals surface area (Å²) in [6, 6.07) is 2.95. The van der Waals surface area contributed by atoms with Crippen LogP contribution in [0.5, 0.6) is 5.75 Å². The Hall–Kier alpha value is -1.07. The van der Waals surface area contributed by atoms with Gasteiger partial charge in [-0.2, -0.15) is 0 Å². The van der Waals surface area contributed by atoms with Crippen LogP contribution in [-0.2, 0) is 4.79 Å². The second-order valence-electron chi connectivity index (χ2n) is 3.65. The number of carboxylic acid groups (broad SMARTS) is 1. The lowest BCUT2D eigenvalue weighted by molar-refractivity contribution is -0.137. The van der Waals surface area contributed by atoms with Crippen LogP contribution in [-0.4, -0.2) is 16.2 Å². The maximum absolute atomic E-state index is 10.4. The van der Waals surface area contributed by atoms with E-state index in [2.05, 4.69) is 15.9 Å². The van der Waals surface area contributed by atoms with Gasteiger partial charge in [0, 0.05) is 12.5 Å². The standard InChI is InChI=1S/C11H14BrNO3/c1-6-7(2-4-9(14)11(6)12)8(13)3-5-10(15)16/h2,4,8,14H,3,5,13H2,1H3,(H,15,16). The van der Waals surface area contributed by atoms with Gasteiger partial charge in [0.1, 0.15) is 5.75 Å². The van der Waals surface area contributed by atoms with Gasteiger partial charge in [0.25, 0.3) is 0 Å². The number of nitrogens with two attached hydrogens (primary N) is 1. The van der Waals surface area contributed by atoms with Crippen molar-refractivity contribution in [3.05, 3.63) is 27.7 Å². The van der Waals surface area contributed by atoms with Gasteiger partial charge >= 0.3 is 5.97 Å². The summed E-state index contributed by atoms with van der Waals surface area (Å²) in [7, 11) is 0. The number of phenols is 1. The number of carbonyl (C=O) groups is 1. The fourth-order valence-electron chi connectivity index (χ4n) is 1.52. The van der Waals surface area contributed by atoms with Gasteiger partial charge in [-0.05, 0) is 46.5 Å². The van der Waals surface area contributed by atoms with Crippen LogP contribution in [0.25, 0.3) is 0 Å². The molecule has 0 bridgehead atoms. The van der Waals surface area contributed by atoms with Gasteiger partial charge in [-0.3, -0.25) is 4.79 Å². The zero-order valence-corrected chi connectivity index (χ0v) is 10.5. The Morgan fingerprint density at radius 2 is 2.19 bits per heavy atom. The smallest absolute Gasteiger partial charge is 0.303 e. The highest BCUT2D eigenvalue weighted by molar-refractivity contribution is 9.10. The molecule has 0 saturated carbocycles. The molecule has 0 aliphatic heterocycles. The highest BCUT2D eigenvalue weighted by Crippen LogP contribution is 2.32. The number of benzene rings is 1. The maximum Gasteiger partial charge on any atom is 0.303 e. The summed E-state index contributed by atoms with van der Waals surface area (Å²) in [6.07, 6.45) is 0.423. The molecule has 88 valence electrons. The van der Waals surface area contributed by atoms with Gasteiger partial charge in [0.15, 0.2) is 0 Å². The molecule has 1 unspecified atom stereocenters. The van der Waals surface area contributed by atoms with Gasteiger partial charge in [0.2, 0.25) is 0 Å². The Kier molecular flexibility index (Phi) is 4.32. The predicted molar refractivity (Wildman–Crippen MR) is 64.3 cm³/mol. The van der Waals surface area contributed by atoms with E-state index in [1.807, 2.05) is 6.92 Å². The average Bonchev–Trinajstić information content (AvgIpc) is 2.23. The van der Waals surface area contributed by atoms with E-state index in [1.165, 1.54) is 0 Å². The van der Waals surface area contributed by atoms with Crippen molar-refractivity contribution in [3.8, 4) is 5.75 Å². The second kappa shape index (κ2) is 5.32. The highest BCUT2D eigenvalue weighted by Gasteiger charge is 2.14. The number of phenolic OH excluding ortho intramolecular Hbond substituents is 1. The summed E-state index contributed by atoms with van der Waals surface area (Å²) in [5.74, 6) is -0.697. The molecule has 16 heavy (non-hydrogen) atoms. The van der Waals surface area contributed by atoms with Crippen LogP contribution in [0.1, 0.15) is 30.0 Å². The van der Waals surface area contributed by atoms with E-state index in [-0.39, 0.29) is 18.2 Å². The van der Waals surface area contributed by atoms with E-state index in [0.717, 1.165) is 11.1 Å². The second-order valence-corrected chi connectivity index (χ2v) is 4.44. The van der Waals surface area contributed by atoms with Crippen molar-refractivity contribution in [3.63, 3.8) is 0 Å². The molecule has 0 aliphatic carbocycles. The molecule has 5 heteroatoms. The van der Waals surface area contributed by atoms with Gasteiger partial charge in [-0.1, -0.05) is 6.07 Å². The molecule has 0 aliphatic rings. The molecule has 4 N–H and O–H groups in total. The maximum atomic E-state index is 10.4. The van der Waals surface area contributed by atoms with Crippen LogP contribution in [0.15, 0.2) is 16.6 Å². The van der Waals surface area contributed by atoms with Crippen molar-refractivity contribution in [1.29, 1.82) is 0 Å². The van der Waals surface area contributed by atoms with Gasteiger partial charge in [-0.25, -0.2) is 0 Å². The summed E-state index contributed by atoms with van der Waals surface area (Å²) < 4.78 is 0.607. The molecule has 0 heterocycles. The molecule has 1 atom stereocenters. The molecular formula is C11H14BrNO3. The Balaban J connectivity index is 2.87. The molecule has 1 aromatic rings. The zero-order valence-electron chi connectivity index (χ0n) is 8.90. The number of hydrogen-bond acceptors (Lipinski definition) is 3. The first-order valence-corrected chi connectivity index (χ1v) is 5.68. The van der Waals surface area contributed by atoms with E-state index in [4.69, 9.17) is 10.8 Å². The number of carboxylic acids is 1. The van der Waals surface area contributed by atoms with Crippen molar-refractivity contribution in [1.82, 2.24) is 0 Å². The minimum absolute atomic E-state index is 0.0408. The topological polar surface area (TPSA) is 83.6 Å². The Morgan fingerprint density at radius 3 is 2.75 bits per heavy atom. The van der Waals surface area contributed by atoms with Gasteiger partial charge in [0.05, 0.1) is 4.47 Å². The lowest BCUT2D eigenvalue weighted by Crippen LogP contribution is -2.13. The van der Waals surface area contributed by atoms with Crippen LogP contribution in [0.3, 0.4) is 0 Å². The Bertz CT molecular complexity index is 406. The molecule has 0 amide bonds. The normalized spacial score (nSPS) is 12.4. The van der Waals surface area contributed by atoms with Crippen LogP contribution >= 0.6 is 15.9 Å². The quantitative estimate of drug-likeness (QED) is 0.794. The predicted octanol–water partition coefficient (Wildman–Crippen LogP) is 2.33. The molecule has 0 fully saturated rings. The lowest BCUT2D eigenvalue weighted by Gasteiger charge is -2.15. The third-order valence-electron chi connectivity index (χ3n) is 2.48. The molecular weight excluding hydrogens is 274 g/mol. The highest BCUT2D eigenvalue weighted by atomic mass is 79.9. The summed E-state index contributed by atoms with van der Waals surface area (Å²) in [4.78, 5) is 10.4. The molecule has 0 saturated heterocycles. The van der Waals surface area contributed by atoms with Crippen molar-refractivity contribution >= 4 is 21.9 Å². The minimum atomic E-state index is -0.856. The first-order chi connectivity index (χ1) is 7.43.